The van der Waals surface area contributed by atoms with Gasteiger partial charge in [-0.1, -0.05) is 43.9 Å². The van der Waals surface area contributed by atoms with Gasteiger partial charge in [0.05, 0.1) is 10.6 Å². The van der Waals surface area contributed by atoms with Crippen LogP contribution in [-0.4, -0.2) is 0 Å². The van der Waals surface area contributed by atoms with Crippen molar-refractivity contribution >= 4 is 11.6 Å². The molecule has 0 fully saturated rings. The SMILES string of the molecule is CCCCC[C@H](N)c1ccc(C(F)(F)F)c(Cl)c1. The van der Waals surface area contributed by atoms with Crippen molar-refractivity contribution in [2.45, 2.75) is 44.8 Å². The number of alkyl halides is 3. The first-order chi connectivity index (χ1) is 8.36. The van der Waals surface area contributed by atoms with Crippen LogP contribution in [0, 0.1) is 0 Å². The van der Waals surface area contributed by atoms with Crippen LogP contribution < -0.4 is 5.73 Å². The van der Waals surface area contributed by atoms with Crippen LogP contribution in [-0.2, 0) is 6.18 Å². The fourth-order valence-corrected chi connectivity index (χ4v) is 2.07. The molecule has 102 valence electrons. The van der Waals surface area contributed by atoms with Crippen molar-refractivity contribution in [2.75, 3.05) is 0 Å². The molecule has 1 atom stereocenters. The summed E-state index contributed by atoms with van der Waals surface area (Å²) >= 11 is 5.64. The molecule has 0 heterocycles. The zero-order chi connectivity index (χ0) is 13.8. The Hall–Kier alpha value is -0.740. The molecule has 0 amide bonds. The molecule has 5 heteroatoms. The lowest BCUT2D eigenvalue weighted by molar-refractivity contribution is -0.137. The van der Waals surface area contributed by atoms with E-state index in [2.05, 4.69) is 6.92 Å². The number of unbranched alkanes of at least 4 members (excludes halogenated alkanes) is 2. The molecule has 18 heavy (non-hydrogen) atoms. The average molecular weight is 280 g/mol. The topological polar surface area (TPSA) is 26.0 Å². The lowest BCUT2D eigenvalue weighted by Crippen LogP contribution is -2.12. The summed E-state index contributed by atoms with van der Waals surface area (Å²) in [5.74, 6) is 0. The largest absolute Gasteiger partial charge is 0.417 e. The summed E-state index contributed by atoms with van der Waals surface area (Å²) in [6.07, 6.45) is -0.531. The zero-order valence-electron chi connectivity index (χ0n) is 10.2. The van der Waals surface area contributed by atoms with Gasteiger partial charge in [0.25, 0.3) is 0 Å². The first-order valence-electron chi connectivity index (χ1n) is 5.98. The molecular formula is C13H17ClF3N. The Labute approximate surface area is 110 Å². The molecule has 0 aliphatic rings. The second kappa shape index (κ2) is 6.43. The van der Waals surface area contributed by atoms with E-state index in [1.54, 1.807) is 0 Å². The van der Waals surface area contributed by atoms with E-state index in [0.717, 1.165) is 31.7 Å². The second-order valence-corrected chi connectivity index (χ2v) is 4.75. The van der Waals surface area contributed by atoms with Crippen LogP contribution in [0.1, 0.15) is 49.8 Å². The first kappa shape index (κ1) is 15.3. The van der Waals surface area contributed by atoms with Gasteiger partial charge in [0.15, 0.2) is 0 Å². The maximum Gasteiger partial charge on any atom is 0.417 e. The molecule has 0 aliphatic heterocycles. The van der Waals surface area contributed by atoms with Crippen molar-refractivity contribution in [1.29, 1.82) is 0 Å². The number of nitrogens with two attached hydrogens (primary N) is 1. The normalized spacial score (nSPS) is 13.7. The fourth-order valence-electron chi connectivity index (χ4n) is 1.77. The van der Waals surface area contributed by atoms with Gasteiger partial charge in [-0.05, 0) is 24.1 Å². The van der Waals surface area contributed by atoms with Crippen LogP contribution in [0.15, 0.2) is 18.2 Å². The summed E-state index contributed by atoms with van der Waals surface area (Å²) in [4.78, 5) is 0. The number of rotatable bonds is 5. The molecule has 0 spiro atoms. The Morgan fingerprint density at radius 2 is 1.94 bits per heavy atom. The molecule has 1 aromatic rings. The van der Waals surface area contributed by atoms with Crippen LogP contribution in [0.5, 0.6) is 0 Å². The number of hydrogen-bond acceptors (Lipinski definition) is 1. The predicted octanol–water partition coefficient (Wildman–Crippen LogP) is 4.94. The van der Waals surface area contributed by atoms with E-state index in [9.17, 15) is 13.2 Å². The number of hydrogen-bond donors (Lipinski definition) is 1. The van der Waals surface area contributed by atoms with E-state index in [-0.39, 0.29) is 11.1 Å². The van der Waals surface area contributed by atoms with Gasteiger partial charge in [-0.15, -0.1) is 0 Å². The zero-order valence-corrected chi connectivity index (χ0v) is 11.0. The van der Waals surface area contributed by atoms with Gasteiger partial charge in [-0.3, -0.25) is 0 Å². The summed E-state index contributed by atoms with van der Waals surface area (Å²) in [6.45, 7) is 2.08. The minimum atomic E-state index is -4.41. The van der Waals surface area contributed by atoms with Gasteiger partial charge in [-0.25, -0.2) is 0 Å². The molecule has 1 nitrogen and oxygen atoms in total. The van der Waals surface area contributed by atoms with E-state index in [1.807, 2.05) is 0 Å². The van der Waals surface area contributed by atoms with Crippen LogP contribution in [0.3, 0.4) is 0 Å². The third-order valence-corrected chi connectivity index (χ3v) is 3.16. The summed E-state index contributed by atoms with van der Waals surface area (Å²) in [6, 6.07) is 3.47. The molecule has 0 radical (unpaired) electrons. The third-order valence-electron chi connectivity index (χ3n) is 2.85. The van der Waals surface area contributed by atoms with E-state index in [1.165, 1.54) is 12.1 Å². The minimum Gasteiger partial charge on any atom is -0.324 e. The monoisotopic (exact) mass is 279 g/mol. The van der Waals surface area contributed by atoms with Crippen molar-refractivity contribution < 1.29 is 13.2 Å². The lowest BCUT2D eigenvalue weighted by Gasteiger charge is -2.15. The minimum absolute atomic E-state index is 0.253. The van der Waals surface area contributed by atoms with Gasteiger partial charge in [-0.2, -0.15) is 13.2 Å². The first-order valence-corrected chi connectivity index (χ1v) is 6.36. The Kier molecular flexibility index (Phi) is 5.47. The number of halogens is 4. The molecule has 1 rings (SSSR count). The van der Waals surface area contributed by atoms with Gasteiger partial charge in [0.2, 0.25) is 0 Å². The molecule has 0 saturated carbocycles. The highest BCUT2D eigenvalue weighted by molar-refractivity contribution is 6.31. The molecule has 1 aromatic carbocycles. The summed E-state index contributed by atoms with van der Waals surface area (Å²) < 4.78 is 37.5. The van der Waals surface area contributed by atoms with Crippen molar-refractivity contribution in [3.8, 4) is 0 Å². The molecule has 0 aromatic heterocycles. The van der Waals surface area contributed by atoms with Crippen LogP contribution in [0.4, 0.5) is 13.2 Å². The van der Waals surface area contributed by atoms with Gasteiger partial charge >= 0.3 is 6.18 Å². The van der Waals surface area contributed by atoms with E-state index in [0.29, 0.717) is 5.56 Å². The molecule has 0 bridgehead atoms. The van der Waals surface area contributed by atoms with E-state index < -0.39 is 11.7 Å². The Morgan fingerprint density at radius 3 is 2.44 bits per heavy atom. The average Bonchev–Trinajstić information content (AvgIpc) is 2.27. The highest BCUT2D eigenvalue weighted by Crippen LogP contribution is 2.35. The van der Waals surface area contributed by atoms with E-state index >= 15 is 0 Å². The molecule has 0 unspecified atom stereocenters. The molecule has 2 N–H and O–H groups in total. The van der Waals surface area contributed by atoms with Crippen molar-refractivity contribution in [1.82, 2.24) is 0 Å². The maximum absolute atomic E-state index is 12.5. The van der Waals surface area contributed by atoms with Crippen molar-refractivity contribution in [2.24, 2.45) is 5.73 Å². The standard InChI is InChI=1S/C13H17ClF3N/c1-2-3-4-5-12(18)9-6-7-10(11(14)8-9)13(15,16)17/h6-8,12H,2-5,18H2,1H3/t12-/m0/s1. The second-order valence-electron chi connectivity index (χ2n) is 4.34. The van der Waals surface area contributed by atoms with Gasteiger partial charge in [0, 0.05) is 6.04 Å². The Morgan fingerprint density at radius 1 is 1.28 bits per heavy atom. The van der Waals surface area contributed by atoms with Crippen LogP contribution in [0.2, 0.25) is 5.02 Å². The van der Waals surface area contributed by atoms with Crippen molar-refractivity contribution in [3.63, 3.8) is 0 Å². The van der Waals surface area contributed by atoms with Crippen LogP contribution in [0.25, 0.3) is 0 Å². The fraction of sp³-hybridized carbons (Fsp3) is 0.538. The Bertz CT molecular complexity index is 390. The van der Waals surface area contributed by atoms with Crippen molar-refractivity contribution in [3.05, 3.63) is 34.3 Å². The van der Waals surface area contributed by atoms with Crippen LogP contribution >= 0.6 is 11.6 Å². The van der Waals surface area contributed by atoms with E-state index in [4.69, 9.17) is 17.3 Å². The summed E-state index contributed by atoms with van der Waals surface area (Å²) in [5, 5.41) is -0.286. The smallest absolute Gasteiger partial charge is 0.324 e. The van der Waals surface area contributed by atoms with Gasteiger partial charge < -0.3 is 5.73 Å². The molecule has 0 saturated heterocycles. The highest BCUT2D eigenvalue weighted by Gasteiger charge is 2.33. The predicted molar refractivity (Wildman–Crippen MR) is 67.5 cm³/mol. The molecule has 0 aliphatic carbocycles. The lowest BCUT2D eigenvalue weighted by atomic mass is 10.00. The summed E-state index contributed by atoms with van der Waals surface area (Å²) in [7, 11) is 0. The third kappa shape index (κ3) is 4.18. The molecular weight excluding hydrogens is 263 g/mol. The van der Waals surface area contributed by atoms with Gasteiger partial charge in [0.1, 0.15) is 0 Å². The highest BCUT2D eigenvalue weighted by atomic mass is 35.5. The number of benzene rings is 1. The maximum atomic E-state index is 12.5. The Balaban J connectivity index is 2.78. The quantitative estimate of drug-likeness (QED) is 0.759. The summed E-state index contributed by atoms with van der Waals surface area (Å²) in [5.41, 5.74) is 5.77.